The zero-order valence-electron chi connectivity index (χ0n) is 9.16. The summed E-state index contributed by atoms with van der Waals surface area (Å²) in [5, 5.41) is 6.84. The predicted octanol–water partition coefficient (Wildman–Crippen LogP) is 1.34. The molecule has 4 nitrogen and oxygen atoms in total. The molecule has 0 amide bonds. The Kier molecular flexibility index (Phi) is 3.50. The van der Waals surface area contributed by atoms with Crippen molar-refractivity contribution in [3.8, 4) is 0 Å². The summed E-state index contributed by atoms with van der Waals surface area (Å²) in [6.45, 7) is 4.06. The first-order valence-corrected chi connectivity index (χ1v) is 5.61. The minimum absolute atomic E-state index is 0.583. The molecule has 2 N–H and O–H groups in total. The highest BCUT2D eigenvalue weighted by Crippen LogP contribution is 2.10. The maximum absolute atomic E-state index is 4.26. The van der Waals surface area contributed by atoms with E-state index in [0.717, 1.165) is 24.6 Å². The van der Waals surface area contributed by atoms with E-state index in [-0.39, 0.29) is 0 Å². The summed E-state index contributed by atoms with van der Waals surface area (Å²) >= 11 is 0. The molecule has 1 saturated heterocycles. The van der Waals surface area contributed by atoms with Gasteiger partial charge in [-0.05, 0) is 26.3 Å². The molecule has 1 aromatic heterocycles. The average molecular weight is 206 g/mol. The van der Waals surface area contributed by atoms with Gasteiger partial charge in [-0.25, -0.2) is 4.98 Å². The Morgan fingerprint density at radius 3 is 3.00 bits per heavy atom. The van der Waals surface area contributed by atoms with Gasteiger partial charge >= 0.3 is 0 Å². The summed E-state index contributed by atoms with van der Waals surface area (Å²) in [6, 6.07) is 0.583. The number of aromatic nitrogens is 2. The van der Waals surface area contributed by atoms with Gasteiger partial charge in [0.2, 0.25) is 0 Å². The largest absolute Gasteiger partial charge is 0.367 e. The molecule has 4 heteroatoms. The smallest absolute Gasteiger partial charge is 0.147 e. The van der Waals surface area contributed by atoms with Crippen molar-refractivity contribution in [1.29, 1.82) is 0 Å². The summed E-state index contributed by atoms with van der Waals surface area (Å²) in [5.41, 5.74) is 0.966. The molecule has 0 aliphatic carbocycles. The molecule has 1 fully saturated rings. The van der Waals surface area contributed by atoms with Gasteiger partial charge in [0.1, 0.15) is 5.82 Å². The number of hydrogen-bond donors (Lipinski definition) is 2. The van der Waals surface area contributed by atoms with Crippen LogP contribution in [0, 0.1) is 6.92 Å². The number of nitrogens with zero attached hydrogens (tertiary/aromatic N) is 2. The van der Waals surface area contributed by atoms with Gasteiger partial charge in [-0.2, -0.15) is 0 Å². The van der Waals surface area contributed by atoms with Crippen LogP contribution in [-0.4, -0.2) is 29.1 Å². The highest BCUT2D eigenvalue weighted by Gasteiger charge is 2.12. The lowest BCUT2D eigenvalue weighted by Crippen LogP contribution is -2.39. The highest BCUT2D eigenvalue weighted by atomic mass is 15.1. The van der Waals surface area contributed by atoms with E-state index in [9.17, 15) is 0 Å². The van der Waals surface area contributed by atoms with Crippen LogP contribution in [0.3, 0.4) is 0 Å². The minimum atomic E-state index is 0.583. The third-order valence-corrected chi connectivity index (χ3v) is 2.81. The molecule has 0 aromatic carbocycles. The molecule has 0 spiro atoms. The van der Waals surface area contributed by atoms with Crippen LogP contribution in [0.4, 0.5) is 5.82 Å². The second-order valence-corrected chi connectivity index (χ2v) is 4.02. The van der Waals surface area contributed by atoms with E-state index in [1.54, 1.807) is 12.4 Å². The van der Waals surface area contributed by atoms with Crippen molar-refractivity contribution in [3.05, 3.63) is 18.1 Å². The molecular formula is C11H18N4. The van der Waals surface area contributed by atoms with Gasteiger partial charge in [0.15, 0.2) is 0 Å². The Balaban J connectivity index is 1.84. The Morgan fingerprint density at radius 1 is 1.40 bits per heavy atom. The SMILES string of the molecule is Cc1nccnc1NC[C@H]1CCCCN1. The molecule has 1 atom stereocenters. The van der Waals surface area contributed by atoms with Crippen molar-refractivity contribution in [2.45, 2.75) is 32.2 Å². The number of anilines is 1. The normalized spacial score (nSPS) is 21.3. The van der Waals surface area contributed by atoms with Gasteiger partial charge < -0.3 is 10.6 Å². The third-order valence-electron chi connectivity index (χ3n) is 2.81. The number of piperidine rings is 1. The predicted molar refractivity (Wildman–Crippen MR) is 60.9 cm³/mol. The Bertz CT molecular complexity index is 307. The van der Waals surface area contributed by atoms with E-state index in [1.165, 1.54) is 19.3 Å². The first-order chi connectivity index (χ1) is 7.36. The fraction of sp³-hybridized carbons (Fsp3) is 0.636. The van der Waals surface area contributed by atoms with Crippen LogP contribution in [0.15, 0.2) is 12.4 Å². The van der Waals surface area contributed by atoms with Crippen molar-refractivity contribution < 1.29 is 0 Å². The quantitative estimate of drug-likeness (QED) is 0.783. The maximum atomic E-state index is 4.26. The van der Waals surface area contributed by atoms with Crippen molar-refractivity contribution in [2.24, 2.45) is 0 Å². The van der Waals surface area contributed by atoms with E-state index in [1.807, 2.05) is 6.92 Å². The fourth-order valence-electron chi connectivity index (χ4n) is 1.90. The molecular weight excluding hydrogens is 188 g/mol. The first kappa shape index (κ1) is 10.4. The van der Waals surface area contributed by atoms with Gasteiger partial charge in [-0.15, -0.1) is 0 Å². The topological polar surface area (TPSA) is 49.8 Å². The lowest BCUT2D eigenvalue weighted by Gasteiger charge is -2.23. The summed E-state index contributed by atoms with van der Waals surface area (Å²) < 4.78 is 0. The van der Waals surface area contributed by atoms with E-state index >= 15 is 0 Å². The second-order valence-electron chi connectivity index (χ2n) is 4.02. The molecule has 15 heavy (non-hydrogen) atoms. The number of hydrogen-bond acceptors (Lipinski definition) is 4. The highest BCUT2D eigenvalue weighted by molar-refractivity contribution is 5.38. The molecule has 0 unspecified atom stereocenters. The fourth-order valence-corrected chi connectivity index (χ4v) is 1.90. The van der Waals surface area contributed by atoms with Crippen LogP contribution >= 0.6 is 0 Å². The maximum Gasteiger partial charge on any atom is 0.147 e. The lowest BCUT2D eigenvalue weighted by atomic mass is 10.1. The summed E-state index contributed by atoms with van der Waals surface area (Å²) in [7, 11) is 0. The van der Waals surface area contributed by atoms with Crippen molar-refractivity contribution in [2.75, 3.05) is 18.4 Å². The Labute approximate surface area is 90.5 Å². The molecule has 1 aliphatic rings. The van der Waals surface area contributed by atoms with Gasteiger partial charge in [0.05, 0.1) is 5.69 Å². The Hall–Kier alpha value is -1.16. The number of aryl methyl sites for hydroxylation is 1. The van der Waals surface area contributed by atoms with Crippen LogP contribution in [-0.2, 0) is 0 Å². The molecule has 1 aromatic rings. The van der Waals surface area contributed by atoms with Crippen LogP contribution < -0.4 is 10.6 Å². The molecule has 2 heterocycles. The van der Waals surface area contributed by atoms with Gasteiger partial charge in [-0.3, -0.25) is 4.98 Å². The first-order valence-electron chi connectivity index (χ1n) is 5.61. The average Bonchev–Trinajstić information content (AvgIpc) is 2.29. The van der Waals surface area contributed by atoms with Crippen molar-refractivity contribution in [1.82, 2.24) is 15.3 Å². The summed E-state index contributed by atoms with van der Waals surface area (Å²) in [5.74, 6) is 0.907. The minimum Gasteiger partial charge on any atom is -0.367 e. The zero-order valence-corrected chi connectivity index (χ0v) is 9.16. The lowest BCUT2D eigenvalue weighted by molar-refractivity contribution is 0.414. The van der Waals surface area contributed by atoms with Crippen LogP contribution in [0.1, 0.15) is 25.0 Å². The number of rotatable bonds is 3. The van der Waals surface area contributed by atoms with Gasteiger partial charge in [0.25, 0.3) is 0 Å². The molecule has 1 aliphatic heterocycles. The van der Waals surface area contributed by atoms with E-state index in [0.29, 0.717) is 6.04 Å². The molecule has 82 valence electrons. The summed E-state index contributed by atoms with van der Waals surface area (Å²) in [4.78, 5) is 8.46. The molecule has 2 rings (SSSR count). The van der Waals surface area contributed by atoms with E-state index in [2.05, 4.69) is 20.6 Å². The van der Waals surface area contributed by atoms with Crippen LogP contribution in [0.5, 0.6) is 0 Å². The van der Waals surface area contributed by atoms with E-state index < -0.39 is 0 Å². The molecule has 0 bridgehead atoms. The second kappa shape index (κ2) is 5.07. The molecule has 0 radical (unpaired) electrons. The third kappa shape index (κ3) is 2.89. The standard InChI is InChI=1S/C11H18N4/c1-9-11(14-7-6-12-9)15-8-10-4-2-3-5-13-10/h6-7,10,13H,2-5,8H2,1H3,(H,14,15)/t10-/m1/s1. The van der Waals surface area contributed by atoms with E-state index in [4.69, 9.17) is 0 Å². The van der Waals surface area contributed by atoms with Gasteiger partial charge in [-0.1, -0.05) is 6.42 Å². The monoisotopic (exact) mass is 206 g/mol. The van der Waals surface area contributed by atoms with Crippen molar-refractivity contribution in [3.63, 3.8) is 0 Å². The Morgan fingerprint density at radius 2 is 2.27 bits per heavy atom. The van der Waals surface area contributed by atoms with Gasteiger partial charge in [0, 0.05) is 25.0 Å². The molecule has 0 saturated carbocycles. The van der Waals surface area contributed by atoms with Crippen molar-refractivity contribution >= 4 is 5.82 Å². The van der Waals surface area contributed by atoms with Crippen LogP contribution in [0.25, 0.3) is 0 Å². The zero-order chi connectivity index (χ0) is 10.5. The number of nitrogens with one attached hydrogen (secondary N) is 2. The summed E-state index contributed by atoms with van der Waals surface area (Å²) in [6.07, 6.45) is 7.34. The van der Waals surface area contributed by atoms with Crippen LogP contribution in [0.2, 0.25) is 0 Å².